The monoisotopic (exact) mass is 277 g/mol. The zero-order valence-corrected chi connectivity index (χ0v) is 12.8. The van der Waals surface area contributed by atoms with Crippen molar-refractivity contribution in [1.82, 2.24) is 9.97 Å². The molecular weight excluding hydrogens is 250 g/mol. The van der Waals surface area contributed by atoms with Crippen LogP contribution in [0, 0.1) is 5.92 Å². The van der Waals surface area contributed by atoms with Crippen LogP contribution in [-0.2, 0) is 0 Å². The van der Waals surface area contributed by atoms with E-state index in [0.717, 1.165) is 23.1 Å². The lowest BCUT2D eigenvalue weighted by molar-refractivity contribution is 0.329. The molecular formula is C15H27N5. The van der Waals surface area contributed by atoms with Gasteiger partial charge in [-0.05, 0) is 37.5 Å². The number of hydrogen-bond acceptors (Lipinski definition) is 5. The Morgan fingerprint density at radius 1 is 1.20 bits per heavy atom. The number of anilines is 2. The van der Waals surface area contributed by atoms with Crippen molar-refractivity contribution < 1.29 is 0 Å². The van der Waals surface area contributed by atoms with Gasteiger partial charge in [0.2, 0.25) is 0 Å². The first kappa shape index (κ1) is 15.0. The van der Waals surface area contributed by atoms with Crippen LogP contribution in [-0.4, -0.2) is 16.0 Å². The molecule has 0 unspecified atom stereocenters. The van der Waals surface area contributed by atoms with Crippen molar-refractivity contribution in [1.29, 1.82) is 0 Å². The molecule has 1 aromatic rings. The molecule has 5 nitrogen and oxygen atoms in total. The van der Waals surface area contributed by atoms with Gasteiger partial charge in [0.1, 0.15) is 18.0 Å². The van der Waals surface area contributed by atoms with E-state index in [1.807, 2.05) is 0 Å². The van der Waals surface area contributed by atoms with Gasteiger partial charge < -0.3 is 10.7 Å². The molecule has 112 valence electrons. The van der Waals surface area contributed by atoms with E-state index in [1.54, 1.807) is 6.33 Å². The lowest BCUT2D eigenvalue weighted by Crippen LogP contribution is -2.27. The standard InChI is InChI=1S/C15H27N5/c1-4-11-5-7-12(8-6-11)19-14-13(10(2)3)15(20-16)18-9-17-14/h9-12H,4-8,16H2,1-3H3,(H2,17,18,19,20). The molecule has 0 amide bonds. The van der Waals surface area contributed by atoms with Crippen molar-refractivity contribution in [3.63, 3.8) is 0 Å². The second-order valence-corrected chi connectivity index (χ2v) is 6.05. The first-order valence-electron chi connectivity index (χ1n) is 7.73. The maximum atomic E-state index is 5.56. The molecule has 0 bridgehead atoms. The van der Waals surface area contributed by atoms with Crippen molar-refractivity contribution in [2.75, 3.05) is 10.7 Å². The highest BCUT2D eigenvalue weighted by Crippen LogP contribution is 2.32. The highest BCUT2D eigenvalue weighted by molar-refractivity contribution is 5.58. The second kappa shape index (κ2) is 6.88. The van der Waals surface area contributed by atoms with Crippen molar-refractivity contribution >= 4 is 11.6 Å². The highest BCUT2D eigenvalue weighted by Gasteiger charge is 2.22. The van der Waals surface area contributed by atoms with Crippen LogP contribution in [0.2, 0.25) is 0 Å². The molecule has 5 heteroatoms. The fraction of sp³-hybridized carbons (Fsp3) is 0.733. The van der Waals surface area contributed by atoms with E-state index in [4.69, 9.17) is 5.84 Å². The van der Waals surface area contributed by atoms with Gasteiger partial charge in [-0.15, -0.1) is 0 Å². The third kappa shape index (κ3) is 3.39. The van der Waals surface area contributed by atoms with E-state index in [2.05, 4.69) is 41.5 Å². The molecule has 0 atom stereocenters. The highest BCUT2D eigenvalue weighted by atomic mass is 15.3. The van der Waals surface area contributed by atoms with Gasteiger partial charge >= 0.3 is 0 Å². The molecule has 1 aliphatic carbocycles. The average molecular weight is 277 g/mol. The molecule has 2 rings (SSSR count). The Morgan fingerprint density at radius 3 is 2.40 bits per heavy atom. The summed E-state index contributed by atoms with van der Waals surface area (Å²) in [5.41, 5.74) is 3.76. The lowest BCUT2D eigenvalue weighted by Gasteiger charge is -2.29. The molecule has 0 aromatic carbocycles. The molecule has 0 aliphatic heterocycles. The predicted octanol–water partition coefficient (Wildman–Crippen LogP) is 3.27. The fourth-order valence-electron chi connectivity index (χ4n) is 3.08. The van der Waals surface area contributed by atoms with Gasteiger partial charge in [0, 0.05) is 11.6 Å². The maximum Gasteiger partial charge on any atom is 0.148 e. The van der Waals surface area contributed by atoms with Crippen LogP contribution in [0.15, 0.2) is 6.33 Å². The van der Waals surface area contributed by atoms with Gasteiger partial charge in [-0.3, -0.25) is 0 Å². The van der Waals surface area contributed by atoms with Crippen LogP contribution < -0.4 is 16.6 Å². The van der Waals surface area contributed by atoms with Gasteiger partial charge in [-0.1, -0.05) is 27.2 Å². The SMILES string of the molecule is CCC1CCC(Nc2ncnc(NN)c2C(C)C)CC1. The summed E-state index contributed by atoms with van der Waals surface area (Å²) in [4.78, 5) is 8.63. The van der Waals surface area contributed by atoms with E-state index >= 15 is 0 Å². The minimum Gasteiger partial charge on any atom is -0.367 e. The molecule has 1 saturated carbocycles. The van der Waals surface area contributed by atoms with E-state index in [9.17, 15) is 0 Å². The quantitative estimate of drug-likeness (QED) is 0.569. The summed E-state index contributed by atoms with van der Waals surface area (Å²) >= 11 is 0. The smallest absolute Gasteiger partial charge is 0.148 e. The van der Waals surface area contributed by atoms with Gasteiger partial charge in [0.15, 0.2) is 0 Å². The number of rotatable bonds is 5. The van der Waals surface area contributed by atoms with Gasteiger partial charge in [-0.2, -0.15) is 0 Å². The van der Waals surface area contributed by atoms with Crippen LogP contribution in [0.4, 0.5) is 11.6 Å². The Bertz CT molecular complexity index is 424. The molecule has 20 heavy (non-hydrogen) atoms. The zero-order valence-electron chi connectivity index (χ0n) is 12.8. The fourth-order valence-corrected chi connectivity index (χ4v) is 3.08. The predicted molar refractivity (Wildman–Crippen MR) is 83.6 cm³/mol. The average Bonchev–Trinajstić information content (AvgIpc) is 2.47. The minimum atomic E-state index is 0.330. The first-order chi connectivity index (χ1) is 9.65. The van der Waals surface area contributed by atoms with E-state index < -0.39 is 0 Å². The van der Waals surface area contributed by atoms with Crippen LogP contribution in [0.3, 0.4) is 0 Å². The van der Waals surface area contributed by atoms with Crippen molar-refractivity contribution in [2.45, 2.75) is 64.8 Å². The number of nitrogen functional groups attached to an aromatic ring is 1. The lowest BCUT2D eigenvalue weighted by atomic mass is 9.84. The summed E-state index contributed by atoms with van der Waals surface area (Å²) in [5.74, 6) is 8.45. The Balaban J connectivity index is 2.09. The van der Waals surface area contributed by atoms with Crippen LogP contribution in [0.5, 0.6) is 0 Å². The summed E-state index contributed by atoms with van der Waals surface area (Å²) in [6.07, 6.45) is 7.97. The zero-order chi connectivity index (χ0) is 14.5. The number of nitrogens with two attached hydrogens (primary N) is 1. The Kier molecular flexibility index (Phi) is 5.17. The minimum absolute atomic E-state index is 0.330. The molecule has 0 radical (unpaired) electrons. The van der Waals surface area contributed by atoms with Gasteiger partial charge in [-0.25, -0.2) is 15.8 Å². The number of nitrogens with one attached hydrogen (secondary N) is 2. The van der Waals surface area contributed by atoms with Crippen molar-refractivity contribution in [2.24, 2.45) is 11.8 Å². The largest absolute Gasteiger partial charge is 0.367 e. The summed E-state index contributed by atoms with van der Waals surface area (Å²) in [5, 5.41) is 3.60. The van der Waals surface area contributed by atoms with Crippen molar-refractivity contribution in [3.05, 3.63) is 11.9 Å². The Hall–Kier alpha value is -1.36. The molecule has 1 aromatic heterocycles. The maximum absolute atomic E-state index is 5.56. The van der Waals surface area contributed by atoms with Crippen LogP contribution in [0.1, 0.15) is 64.4 Å². The molecule has 1 heterocycles. The topological polar surface area (TPSA) is 75.9 Å². The van der Waals surface area contributed by atoms with E-state index in [1.165, 1.54) is 32.1 Å². The molecule has 4 N–H and O–H groups in total. The molecule has 0 saturated heterocycles. The molecule has 0 spiro atoms. The summed E-state index contributed by atoms with van der Waals surface area (Å²) < 4.78 is 0. The third-order valence-electron chi connectivity index (χ3n) is 4.36. The Morgan fingerprint density at radius 2 is 1.85 bits per heavy atom. The van der Waals surface area contributed by atoms with Crippen molar-refractivity contribution in [3.8, 4) is 0 Å². The third-order valence-corrected chi connectivity index (χ3v) is 4.36. The van der Waals surface area contributed by atoms with Gasteiger partial charge in [0.25, 0.3) is 0 Å². The van der Waals surface area contributed by atoms with Crippen LogP contribution >= 0.6 is 0 Å². The number of hydrazine groups is 1. The number of hydrogen-bond donors (Lipinski definition) is 3. The van der Waals surface area contributed by atoms with E-state index in [-0.39, 0.29) is 0 Å². The Labute approximate surface area is 121 Å². The van der Waals surface area contributed by atoms with E-state index in [0.29, 0.717) is 12.0 Å². The summed E-state index contributed by atoms with van der Waals surface area (Å²) in [6.45, 7) is 6.57. The molecule has 1 aliphatic rings. The van der Waals surface area contributed by atoms with Gasteiger partial charge in [0.05, 0.1) is 0 Å². The summed E-state index contributed by atoms with van der Waals surface area (Å²) in [7, 11) is 0. The second-order valence-electron chi connectivity index (χ2n) is 6.05. The number of nitrogens with zero attached hydrogens (tertiary/aromatic N) is 2. The normalized spacial score (nSPS) is 22.9. The number of aromatic nitrogens is 2. The van der Waals surface area contributed by atoms with Crippen LogP contribution in [0.25, 0.3) is 0 Å². The first-order valence-corrected chi connectivity index (χ1v) is 7.73. The summed E-state index contributed by atoms with van der Waals surface area (Å²) in [6, 6.07) is 0.524. The molecule has 1 fully saturated rings.